The normalized spacial score (nSPS) is 11.5. The van der Waals surface area contributed by atoms with Gasteiger partial charge in [0.05, 0.1) is 4.90 Å². The molecule has 1 N–H and O–H groups in total. The molecule has 7 heteroatoms. The summed E-state index contributed by atoms with van der Waals surface area (Å²) in [5, 5.41) is 2.58. The molecule has 0 fully saturated rings. The Morgan fingerprint density at radius 2 is 1.79 bits per heavy atom. The monoisotopic (exact) mass is 350 g/mol. The van der Waals surface area contributed by atoms with Crippen molar-refractivity contribution in [3.8, 4) is 0 Å². The number of rotatable bonds is 5. The summed E-state index contributed by atoms with van der Waals surface area (Å²) in [7, 11) is -2.29. The number of carbonyl (C=O) groups excluding carboxylic acids is 1. The molecule has 0 bridgehead atoms. The number of carbonyl (C=O) groups is 1. The maximum atomic E-state index is 13.0. The second-order valence-corrected chi connectivity index (χ2v) is 7.56. The van der Waals surface area contributed by atoms with E-state index in [0.29, 0.717) is 16.8 Å². The second-order valence-electron chi connectivity index (χ2n) is 5.55. The lowest BCUT2D eigenvalue weighted by atomic mass is 10.2. The minimum atomic E-state index is -3.75. The number of hydrogen-bond donors (Lipinski definition) is 1. The Morgan fingerprint density at radius 1 is 1.17 bits per heavy atom. The van der Waals surface area contributed by atoms with Crippen LogP contribution in [-0.2, 0) is 21.4 Å². The number of sulfonamides is 1. The third kappa shape index (κ3) is 4.18. The fourth-order valence-corrected chi connectivity index (χ4v) is 3.66. The average molecular weight is 350 g/mol. The van der Waals surface area contributed by atoms with E-state index >= 15 is 0 Å². The fraction of sp³-hybridized carbons (Fsp3) is 0.235. The van der Waals surface area contributed by atoms with E-state index in [1.807, 2.05) is 0 Å². The Morgan fingerprint density at radius 3 is 2.38 bits per heavy atom. The zero-order chi connectivity index (χ0) is 17.9. The van der Waals surface area contributed by atoms with Crippen LogP contribution in [0.2, 0.25) is 0 Å². The van der Waals surface area contributed by atoms with Crippen molar-refractivity contribution in [2.75, 3.05) is 12.4 Å². The van der Waals surface area contributed by atoms with Gasteiger partial charge in [0.15, 0.2) is 0 Å². The predicted octanol–water partition coefficient (Wildman–Crippen LogP) is 2.91. The SMILES string of the molecule is CC(=O)Nc1ccc(C)c(S(=O)(=O)N(C)Cc2ccc(F)cc2)c1. The number of nitrogens with one attached hydrogen (secondary N) is 1. The van der Waals surface area contributed by atoms with Crippen molar-refractivity contribution in [1.82, 2.24) is 4.31 Å². The minimum Gasteiger partial charge on any atom is -0.326 e. The first-order chi connectivity index (χ1) is 11.2. The third-order valence-electron chi connectivity index (χ3n) is 3.52. The Kier molecular flexibility index (Phi) is 5.36. The summed E-state index contributed by atoms with van der Waals surface area (Å²) >= 11 is 0. The van der Waals surface area contributed by atoms with E-state index in [0.717, 1.165) is 0 Å². The molecule has 2 aromatic rings. The van der Waals surface area contributed by atoms with Crippen molar-refractivity contribution in [2.45, 2.75) is 25.3 Å². The summed E-state index contributed by atoms with van der Waals surface area (Å²) in [6.07, 6.45) is 0. The molecule has 1 amide bonds. The van der Waals surface area contributed by atoms with E-state index in [4.69, 9.17) is 0 Å². The standard InChI is InChI=1S/C17H19FN2O3S/c1-12-4-9-16(19-13(2)21)10-17(12)24(22,23)20(3)11-14-5-7-15(18)8-6-14/h4-10H,11H2,1-3H3,(H,19,21). The average Bonchev–Trinajstić information content (AvgIpc) is 2.50. The molecule has 0 aliphatic carbocycles. The Bertz CT molecular complexity index is 849. The molecule has 2 rings (SSSR count). The van der Waals surface area contributed by atoms with Crippen molar-refractivity contribution < 1.29 is 17.6 Å². The van der Waals surface area contributed by atoms with Gasteiger partial charge in [0, 0.05) is 26.2 Å². The number of aryl methyl sites for hydroxylation is 1. The van der Waals surface area contributed by atoms with Crippen molar-refractivity contribution in [3.05, 3.63) is 59.4 Å². The zero-order valence-corrected chi connectivity index (χ0v) is 14.5. The summed E-state index contributed by atoms with van der Waals surface area (Å²) < 4.78 is 39.8. The smallest absolute Gasteiger partial charge is 0.243 e. The van der Waals surface area contributed by atoms with Gasteiger partial charge in [-0.2, -0.15) is 4.31 Å². The lowest BCUT2D eigenvalue weighted by molar-refractivity contribution is -0.114. The van der Waals surface area contributed by atoms with Crippen LogP contribution in [0.15, 0.2) is 47.4 Å². The molecule has 0 saturated heterocycles. The molecule has 0 aliphatic rings. The van der Waals surface area contributed by atoms with Gasteiger partial charge in [0.1, 0.15) is 5.82 Å². The molecular formula is C17H19FN2O3S. The van der Waals surface area contributed by atoms with Crippen molar-refractivity contribution in [2.24, 2.45) is 0 Å². The largest absolute Gasteiger partial charge is 0.326 e. The van der Waals surface area contributed by atoms with E-state index < -0.39 is 10.0 Å². The molecule has 128 valence electrons. The molecule has 0 atom stereocenters. The van der Waals surface area contributed by atoms with Crippen LogP contribution in [0.1, 0.15) is 18.1 Å². The molecule has 0 unspecified atom stereocenters. The second kappa shape index (κ2) is 7.11. The lowest BCUT2D eigenvalue weighted by Crippen LogP contribution is -2.27. The van der Waals surface area contributed by atoms with Crippen LogP contribution in [-0.4, -0.2) is 25.7 Å². The summed E-state index contributed by atoms with van der Waals surface area (Å²) in [4.78, 5) is 11.3. The quantitative estimate of drug-likeness (QED) is 0.902. The first kappa shape index (κ1) is 18.1. The van der Waals surface area contributed by atoms with Crippen LogP contribution >= 0.6 is 0 Å². The molecule has 0 aromatic heterocycles. The summed E-state index contributed by atoms with van der Waals surface area (Å²) in [6, 6.07) is 10.4. The van der Waals surface area contributed by atoms with Gasteiger partial charge in [-0.1, -0.05) is 18.2 Å². The van der Waals surface area contributed by atoms with Gasteiger partial charge in [-0.25, -0.2) is 12.8 Å². The fourth-order valence-electron chi connectivity index (χ4n) is 2.26. The van der Waals surface area contributed by atoms with Crippen LogP contribution in [0.4, 0.5) is 10.1 Å². The topological polar surface area (TPSA) is 66.5 Å². The van der Waals surface area contributed by atoms with Gasteiger partial charge in [0.25, 0.3) is 0 Å². The van der Waals surface area contributed by atoms with Gasteiger partial charge in [-0.3, -0.25) is 4.79 Å². The summed E-state index contributed by atoms with van der Waals surface area (Å²) in [5.41, 5.74) is 1.68. The highest BCUT2D eigenvalue weighted by Gasteiger charge is 2.23. The molecule has 0 saturated carbocycles. The lowest BCUT2D eigenvalue weighted by Gasteiger charge is -2.19. The maximum absolute atomic E-state index is 13.0. The Hall–Kier alpha value is -2.25. The highest BCUT2D eigenvalue weighted by atomic mass is 32.2. The first-order valence-corrected chi connectivity index (χ1v) is 8.73. The molecule has 0 spiro atoms. The van der Waals surface area contributed by atoms with E-state index in [-0.39, 0.29) is 23.2 Å². The van der Waals surface area contributed by atoms with Crippen LogP contribution < -0.4 is 5.32 Å². The molecular weight excluding hydrogens is 331 g/mol. The summed E-state index contributed by atoms with van der Waals surface area (Å²) in [6.45, 7) is 3.16. The van der Waals surface area contributed by atoms with E-state index in [1.54, 1.807) is 31.2 Å². The van der Waals surface area contributed by atoms with Crippen molar-refractivity contribution >= 4 is 21.6 Å². The number of hydrogen-bond acceptors (Lipinski definition) is 3. The predicted molar refractivity (Wildman–Crippen MR) is 90.5 cm³/mol. The highest BCUT2D eigenvalue weighted by Crippen LogP contribution is 2.24. The number of amides is 1. The van der Waals surface area contributed by atoms with E-state index in [9.17, 15) is 17.6 Å². The third-order valence-corrected chi connectivity index (χ3v) is 5.46. The van der Waals surface area contributed by atoms with Gasteiger partial charge < -0.3 is 5.32 Å². The Labute approximate surface area is 141 Å². The molecule has 24 heavy (non-hydrogen) atoms. The molecule has 0 radical (unpaired) electrons. The van der Waals surface area contributed by atoms with E-state index in [2.05, 4.69) is 5.32 Å². The molecule has 5 nitrogen and oxygen atoms in total. The van der Waals surface area contributed by atoms with Crippen LogP contribution in [0.25, 0.3) is 0 Å². The van der Waals surface area contributed by atoms with Gasteiger partial charge in [-0.05, 0) is 42.3 Å². The Balaban J connectivity index is 2.31. The number of anilines is 1. The van der Waals surface area contributed by atoms with Crippen molar-refractivity contribution in [1.29, 1.82) is 0 Å². The minimum absolute atomic E-state index is 0.117. The molecule has 0 heterocycles. The van der Waals surface area contributed by atoms with Gasteiger partial charge in [-0.15, -0.1) is 0 Å². The maximum Gasteiger partial charge on any atom is 0.243 e. The van der Waals surface area contributed by atoms with Gasteiger partial charge >= 0.3 is 0 Å². The first-order valence-electron chi connectivity index (χ1n) is 7.29. The van der Waals surface area contributed by atoms with Crippen LogP contribution in [0, 0.1) is 12.7 Å². The van der Waals surface area contributed by atoms with Crippen LogP contribution in [0.3, 0.4) is 0 Å². The highest BCUT2D eigenvalue weighted by molar-refractivity contribution is 7.89. The number of benzene rings is 2. The molecule has 2 aromatic carbocycles. The van der Waals surface area contributed by atoms with Gasteiger partial charge in [0.2, 0.25) is 15.9 Å². The number of nitrogens with zero attached hydrogens (tertiary/aromatic N) is 1. The zero-order valence-electron chi connectivity index (χ0n) is 13.7. The van der Waals surface area contributed by atoms with Crippen molar-refractivity contribution in [3.63, 3.8) is 0 Å². The van der Waals surface area contributed by atoms with E-state index in [1.165, 1.54) is 36.5 Å². The molecule has 0 aliphatic heterocycles. The van der Waals surface area contributed by atoms with Crippen LogP contribution in [0.5, 0.6) is 0 Å². The summed E-state index contributed by atoms with van der Waals surface area (Å²) in [5.74, 6) is -0.648. The number of halogens is 1.